The summed E-state index contributed by atoms with van der Waals surface area (Å²) in [7, 11) is 4.99. The van der Waals surface area contributed by atoms with Crippen molar-refractivity contribution in [1.82, 2.24) is 16.0 Å². The molecule has 0 aliphatic carbocycles. The Bertz CT molecular complexity index is 913. The van der Waals surface area contributed by atoms with Crippen LogP contribution >= 0.6 is 0 Å². The first kappa shape index (κ1) is 76.5. The SMILES string of the molecule is C=C(NC(C)CCCCN)C(CCCCN)NC.C=CC(CCCCC)NC(=O)CCCCCCCCCCCCCCC.CCCCCCCCCCCCCC.CN.CN.NCC(N)=O. The Kier molecular flexibility index (Phi) is 83.3. The summed E-state index contributed by atoms with van der Waals surface area (Å²) >= 11 is 0. The molecule has 0 saturated heterocycles. The van der Waals surface area contributed by atoms with Crippen LogP contribution in [0.1, 0.15) is 266 Å². The van der Waals surface area contributed by atoms with Crippen LogP contribution in [0.25, 0.3) is 0 Å². The van der Waals surface area contributed by atoms with Crippen molar-refractivity contribution in [1.29, 1.82) is 0 Å². The fraction of sp³-hybridized carbons (Fsp3) is 0.893. The molecule has 3 unspecified atom stereocenters. The average molecular weight is 957 g/mol. The molecule has 67 heavy (non-hydrogen) atoms. The number of nitrogens with two attached hydrogens (primary N) is 6. The van der Waals surface area contributed by atoms with Gasteiger partial charge in [0.05, 0.1) is 6.54 Å². The van der Waals surface area contributed by atoms with Gasteiger partial charge in [0.25, 0.3) is 0 Å². The molecular weight excluding hydrogens is 831 g/mol. The average Bonchev–Trinajstić information content (AvgIpc) is 3.34. The lowest BCUT2D eigenvalue weighted by Gasteiger charge is -2.24. The first-order chi connectivity index (χ1) is 32.6. The Morgan fingerprint density at radius 2 is 0.806 bits per heavy atom. The van der Waals surface area contributed by atoms with Gasteiger partial charge in [-0.1, -0.05) is 227 Å². The topological polar surface area (TPSA) is 226 Å². The normalized spacial score (nSPS) is 11.5. The van der Waals surface area contributed by atoms with Crippen molar-refractivity contribution in [2.45, 2.75) is 284 Å². The molecule has 0 aromatic heterocycles. The molecule has 406 valence electrons. The van der Waals surface area contributed by atoms with Gasteiger partial charge in [-0.15, -0.1) is 6.58 Å². The van der Waals surface area contributed by atoms with Crippen molar-refractivity contribution in [2.24, 2.45) is 34.4 Å². The van der Waals surface area contributed by atoms with Gasteiger partial charge in [-0.25, -0.2) is 0 Å². The van der Waals surface area contributed by atoms with E-state index in [1.54, 1.807) is 0 Å². The predicted molar refractivity (Wildman–Crippen MR) is 302 cm³/mol. The predicted octanol–water partition coefficient (Wildman–Crippen LogP) is 12.3. The molecule has 0 bridgehead atoms. The third-order valence-electron chi connectivity index (χ3n) is 11.7. The summed E-state index contributed by atoms with van der Waals surface area (Å²) < 4.78 is 0. The third-order valence-corrected chi connectivity index (χ3v) is 11.7. The number of hydrogen-bond acceptors (Lipinski definition) is 9. The van der Waals surface area contributed by atoms with E-state index in [9.17, 15) is 9.59 Å². The number of primary amides is 1. The Morgan fingerprint density at radius 3 is 1.12 bits per heavy atom. The lowest BCUT2D eigenvalue weighted by Crippen LogP contribution is -2.37. The quantitative estimate of drug-likeness (QED) is 0.0209. The summed E-state index contributed by atoms with van der Waals surface area (Å²) in [5.41, 5.74) is 30.3. The van der Waals surface area contributed by atoms with Crippen molar-refractivity contribution >= 4 is 11.8 Å². The lowest BCUT2D eigenvalue weighted by molar-refractivity contribution is -0.121. The molecule has 0 radical (unpaired) electrons. The molecule has 0 heterocycles. The third kappa shape index (κ3) is 75.7. The smallest absolute Gasteiger partial charge is 0.231 e. The van der Waals surface area contributed by atoms with Gasteiger partial charge in [0.1, 0.15) is 0 Å². The summed E-state index contributed by atoms with van der Waals surface area (Å²) in [6.07, 6.45) is 48.9. The fourth-order valence-electron chi connectivity index (χ4n) is 7.43. The number of unbranched alkanes of at least 4 members (excludes halogenated alkanes) is 27. The van der Waals surface area contributed by atoms with E-state index in [4.69, 9.17) is 17.2 Å². The van der Waals surface area contributed by atoms with E-state index in [-0.39, 0.29) is 18.5 Å². The van der Waals surface area contributed by atoms with E-state index in [0.717, 1.165) is 63.7 Å². The zero-order valence-corrected chi connectivity index (χ0v) is 46.6. The van der Waals surface area contributed by atoms with Gasteiger partial charge >= 0.3 is 0 Å². The fourth-order valence-corrected chi connectivity index (χ4v) is 7.43. The van der Waals surface area contributed by atoms with Crippen LogP contribution in [0.5, 0.6) is 0 Å². The highest BCUT2D eigenvalue weighted by atomic mass is 16.2. The minimum Gasteiger partial charge on any atom is -0.385 e. The van der Waals surface area contributed by atoms with Crippen molar-refractivity contribution in [3.05, 3.63) is 24.9 Å². The Balaban J connectivity index is -0.000000198. The van der Waals surface area contributed by atoms with Crippen LogP contribution in [-0.2, 0) is 9.59 Å². The van der Waals surface area contributed by atoms with Crippen LogP contribution in [-0.4, -0.2) is 70.7 Å². The molecule has 3 atom stereocenters. The summed E-state index contributed by atoms with van der Waals surface area (Å²) in [6, 6.07) is 0.971. The summed E-state index contributed by atoms with van der Waals surface area (Å²) in [5, 5.41) is 9.91. The number of hydrogen-bond donors (Lipinski definition) is 9. The van der Waals surface area contributed by atoms with Gasteiger partial charge < -0.3 is 50.4 Å². The number of rotatable bonds is 44. The second kappa shape index (κ2) is 73.0. The Hall–Kier alpha value is -2.02. The van der Waals surface area contributed by atoms with Crippen LogP contribution in [0, 0.1) is 0 Å². The number of carbonyl (C=O) groups is 2. The molecule has 11 heteroatoms. The minimum absolute atomic E-state index is 0.0556. The molecule has 0 aromatic carbocycles. The molecule has 0 rings (SSSR count). The molecule has 2 amide bonds. The van der Waals surface area contributed by atoms with Gasteiger partial charge in [0.2, 0.25) is 11.8 Å². The van der Waals surface area contributed by atoms with Gasteiger partial charge in [-0.05, 0) is 79.7 Å². The number of nitrogens with one attached hydrogen (secondary N) is 3. The second-order valence-electron chi connectivity index (χ2n) is 18.1. The standard InChI is InChI=1S/C24H47NO.C14H32N4.C14H30.C2H6N2O.2CH5N/c1-4-7-9-10-11-12-13-14-15-16-17-18-20-22-24(26)25-23(6-3)21-19-8-5-2;1-12(8-4-6-10-15)18-13(2)14(17-3)9-5-7-11-16;1-3-5-7-9-11-13-14-12-10-8-6-4-2;3-1-2(4)5;2*1-2/h6,23H,3-5,7-22H2,1-2H3,(H,25,26);12,14,17-18H,2,4-11,15-16H2,1,3H3;3-14H2,1-2H3;1,3H2,(H2,4,5);2*2H2,1H3. The van der Waals surface area contributed by atoms with Gasteiger partial charge in [0.15, 0.2) is 0 Å². The van der Waals surface area contributed by atoms with Crippen LogP contribution in [0.4, 0.5) is 0 Å². The highest BCUT2D eigenvalue weighted by Gasteiger charge is 2.12. The Morgan fingerprint density at radius 1 is 0.493 bits per heavy atom. The number of amides is 2. The number of likely N-dealkylation sites (N-methyl/N-ethyl adjacent to an activating group) is 1. The highest BCUT2D eigenvalue weighted by Crippen LogP contribution is 2.14. The van der Waals surface area contributed by atoms with Crippen molar-refractivity contribution in [3.63, 3.8) is 0 Å². The molecule has 0 aromatic rings. The van der Waals surface area contributed by atoms with E-state index in [2.05, 4.69) is 80.9 Å². The minimum atomic E-state index is -0.468. The molecule has 15 N–H and O–H groups in total. The van der Waals surface area contributed by atoms with Crippen LogP contribution < -0.4 is 50.4 Å². The molecule has 0 aliphatic heterocycles. The van der Waals surface area contributed by atoms with E-state index in [0.29, 0.717) is 18.5 Å². The zero-order valence-electron chi connectivity index (χ0n) is 46.6. The van der Waals surface area contributed by atoms with Crippen molar-refractivity contribution < 1.29 is 9.59 Å². The zero-order chi connectivity index (χ0) is 51.9. The second-order valence-corrected chi connectivity index (χ2v) is 18.1. The lowest BCUT2D eigenvalue weighted by atomic mass is 10.0. The monoisotopic (exact) mass is 956 g/mol. The van der Waals surface area contributed by atoms with Crippen LogP contribution in [0.2, 0.25) is 0 Å². The summed E-state index contributed by atoms with van der Waals surface area (Å²) in [6.45, 7) is 20.7. The summed E-state index contributed by atoms with van der Waals surface area (Å²) in [5.74, 6) is -0.264. The number of carbonyl (C=O) groups excluding carboxylic acids is 2. The maximum atomic E-state index is 12.0. The maximum Gasteiger partial charge on any atom is 0.231 e. The van der Waals surface area contributed by atoms with E-state index < -0.39 is 5.91 Å². The van der Waals surface area contributed by atoms with E-state index in [1.807, 2.05) is 13.1 Å². The largest absolute Gasteiger partial charge is 0.385 e. The van der Waals surface area contributed by atoms with Crippen molar-refractivity contribution in [2.75, 3.05) is 40.8 Å². The molecule has 0 spiro atoms. The van der Waals surface area contributed by atoms with E-state index >= 15 is 0 Å². The molecule has 0 fully saturated rings. The van der Waals surface area contributed by atoms with Crippen LogP contribution in [0.15, 0.2) is 24.9 Å². The molecule has 0 aliphatic rings. The van der Waals surface area contributed by atoms with Crippen molar-refractivity contribution in [3.8, 4) is 0 Å². The van der Waals surface area contributed by atoms with E-state index in [1.165, 1.54) is 194 Å². The first-order valence-electron chi connectivity index (χ1n) is 28.2. The molecule has 11 nitrogen and oxygen atoms in total. The van der Waals surface area contributed by atoms with Crippen LogP contribution in [0.3, 0.4) is 0 Å². The molecule has 0 saturated carbocycles. The Labute approximate surface area is 419 Å². The highest BCUT2D eigenvalue weighted by molar-refractivity contribution is 5.76. The first-order valence-corrected chi connectivity index (χ1v) is 28.2. The summed E-state index contributed by atoms with van der Waals surface area (Å²) in [4.78, 5) is 21.5. The van der Waals surface area contributed by atoms with Gasteiger partial charge in [-0.3, -0.25) is 9.59 Å². The van der Waals surface area contributed by atoms with Gasteiger partial charge in [-0.2, -0.15) is 0 Å². The molecular formula is C56H125N9O2. The maximum absolute atomic E-state index is 12.0. The van der Waals surface area contributed by atoms with Gasteiger partial charge in [0, 0.05) is 30.2 Å².